The van der Waals surface area contributed by atoms with Gasteiger partial charge in [0.2, 0.25) is 0 Å². The molecular weight excluding hydrogens is 325 g/mol. The number of aromatic carboxylic acids is 1. The summed E-state index contributed by atoms with van der Waals surface area (Å²) in [5.41, 5.74) is 0.642. The van der Waals surface area contributed by atoms with Crippen LogP contribution in [0.15, 0.2) is 48.5 Å². The van der Waals surface area contributed by atoms with Crippen molar-refractivity contribution in [3.63, 3.8) is 0 Å². The molecule has 2 aromatic rings. The molecule has 0 heterocycles. The molecule has 2 aromatic carbocycles. The summed E-state index contributed by atoms with van der Waals surface area (Å²) < 4.78 is 19.1. The molecule has 0 bridgehead atoms. The second kappa shape index (κ2) is 8.39. The molecule has 132 valence electrons. The normalized spacial score (nSPS) is 11.8. The highest BCUT2D eigenvalue weighted by atomic mass is 19.1. The molecule has 1 atom stereocenters. The lowest BCUT2D eigenvalue weighted by molar-refractivity contribution is 0.0539. The molecule has 0 saturated heterocycles. The Bertz CT molecular complexity index is 763. The molecule has 5 nitrogen and oxygen atoms in total. The first-order chi connectivity index (χ1) is 11.9. The number of hydrogen-bond acceptors (Lipinski definition) is 3. The maximum Gasteiger partial charge on any atom is 0.335 e. The van der Waals surface area contributed by atoms with Gasteiger partial charge in [0.05, 0.1) is 18.2 Å². The van der Waals surface area contributed by atoms with E-state index in [9.17, 15) is 14.0 Å². The zero-order valence-electron chi connectivity index (χ0n) is 14.1. The van der Waals surface area contributed by atoms with Crippen molar-refractivity contribution in [1.29, 1.82) is 0 Å². The zero-order valence-corrected chi connectivity index (χ0v) is 14.1. The molecule has 1 N–H and O–H groups in total. The van der Waals surface area contributed by atoms with Gasteiger partial charge in [0.25, 0.3) is 5.91 Å². The summed E-state index contributed by atoms with van der Waals surface area (Å²) in [4.78, 5) is 25.5. The van der Waals surface area contributed by atoms with Gasteiger partial charge in [-0.1, -0.05) is 24.3 Å². The Hall–Kier alpha value is -2.73. The second-order valence-corrected chi connectivity index (χ2v) is 5.71. The first-order valence-electron chi connectivity index (χ1n) is 7.80. The molecule has 0 aliphatic heterocycles. The van der Waals surface area contributed by atoms with Crippen LogP contribution in [-0.2, 0) is 11.3 Å². The quantitative estimate of drug-likeness (QED) is 0.837. The second-order valence-electron chi connectivity index (χ2n) is 5.71. The number of benzene rings is 2. The van der Waals surface area contributed by atoms with Crippen LogP contribution in [0.3, 0.4) is 0 Å². The Balaban J connectivity index is 2.34. The van der Waals surface area contributed by atoms with Gasteiger partial charge in [0, 0.05) is 24.8 Å². The number of nitrogens with zero attached hydrogens (tertiary/aromatic N) is 1. The molecule has 0 fully saturated rings. The van der Waals surface area contributed by atoms with Gasteiger partial charge in [-0.3, -0.25) is 4.79 Å². The third kappa shape index (κ3) is 4.64. The van der Waals surface area contributed by atoms with Crippen LogP contribution < -0.4 is 0 Å². The molecule has 0 aromatic heterocycles. The smallest absolute Gasteiger partial charge is 0.335 e. The van der Waals surface area contributed by atoms with E-state index in [0.29, 0.717) is 5.56 Å². The Morgan fingerprint density at radius 3 is 2.48 bits per heavy atom. The van der Waals surface area contributed by atoms with Gasteiger partial charge in [-0.25, -0.2) is 9.18 Å². The van der Waals surface area contributed by atoms with Crippen LogP contribution in [0.25, 0.3) is 0 Å². The summed E-state index contributed by atoms with van der Waals surface area (Å²) in [6.07, 6.45) is 0. The standard InChI is InChI=1S/C19H20FNO4/c1-13(12-25-2)21(11-16-6-3-4-9-17(16)20)18(22)14-7-5-8-15(10-14)19(23)24/h3-10,13H,11-12H2,1-2H3,(H,23,24)/t13-/m1/s1. The van der Waals surface area contributed by atoms with E-state index in [1.807, 2.05) is 0 Å². The van der Waals surface area contributed by atoms with Crippen LogP contribution in [0.1, 0.15) is 33.2 Å². The van der Waals surface area contributed by atoms with Gasteiger partial charge < -0.3 is 14.7 Å². The molecule has 0 spiro atoms. The van der Waals surface area contributed by atoms with E-state index < -0.39 is 11.8 Å². The molecule has 0 aliphatic rings. The highest BCUT2D eigenvalue weighted by Crippen LogP contribution is 2.17. The maximum absolute atomic E-state index is 14.0. The summed E-state index contributed by atoms with van der Waals surface area (Å²) >= 11 is 0. The number of carbonyl (C=O) groups is 2. The van der Waals surface area contributed by atoms with Crippen molar-refractivity contribution in [3.8, 4) is 0 Å². The molecular formula is C19H20FNO4. The molecule has 2 rings (SSSR count). The number of carboxylic acids is 1. The minimum absolute atomic E-state index is 0.0242. The van der Waals surface area contributed by atoms with Crippen molar-refractivity contribution < 1.29 is 23.8 Å². The number of hydrogen-bond donors (Lipinski definition) is 1. The van der Waals surface area contributed by atoms with Gasteiger partial charge in [0.15, 0.2) is 0 Å². The van der Waals surface area contributed by atoms with Gasteiger partial charge in [-0.05, 0) is 31.2 Å². The van der Waals surface area contributed by atoms with E-state index >= 15 is 0 Å². The number of halogens is 1. The highest BCUT2D eigenvalue weighted by Gasteiger charge is 2.23. The van der Waals surface area contributed by atoms with Crippen LogP contribution in [0.5, 0.6) is 0 Å². The molecule has 1 amide bonds. The third-order valence-electron chi connectivity index (χ3n) is 3.86. The SMILES string of the molecule is COC[C@@H](C)N(Cc1ccccc1F)C(=O)c1cccc(C(=O)O)c1. The zero-order chi connectivity index (χ0) is 18.4. The molecule has 0 saturated carbocycles. The Kier molecular flexibility index (Phi) is 6.25. The largest absolute Gasteiger partial charge is 0.478 e. The lowest BCUT2D eigenvalue weighted by Gasteiger charge is -2.29. The van der Waals surface area contributed by atoms with Crippen LogP contribution >= 0.6 is 0 Å². The monoisotopic (exact) mass is 345 g/mol. The summed E-state index contributed by atoms with van der Waals surface area (Å²) in [6.45, 7) is 2.13. The Morgan fingerprint density at radius 2 is 1.84 bits per heavy atom. The fraction of sp³-hybridized carbons (Fsp3) is 0.263. The number of methoxy groups -OCH3 is 1. The minimum Gasteiger partial charge on any atom is -0.478 e. The maximum atomic E-state index is 14.0. The lowest BCUT2D eigenvalue weighted by atomic mass is 10.1. The van der Waals surface area contributed by atoms with Gasteiger partial charge in [0.1, 0.15) is 5.82 Å². The minimum atomic E-state index is -1.11. The Labute approximate surface area is 145 Å². The topological polar surface area (TPSA) is 66.8 Å². The van der Waals surface area contributed by atoms with Gasteiger partial charge in [-0.15, -0.1) is 0 Å². The van der Waals surface area contributed by atoms with Crippen molar-refractivity contribution >= 4 is 11.9 Å². The molecule has 6 heteroatoms. The van der Waals surface area contributed by atoms with Crippen LogP contribution in [0.2, 0.25) is 0 Å². The predicted octanol–water partition coefficient (Wildman–Crippen LogP) is 3.20. The average Bonchev–Trinajstić information content (AvgIpc) is 2.60. The van der Waals surface area contributed by atoms with E-state index in [0.717, 1.165) is 0 Å². The fourth-order valence-corrected chi connectivity index (χ4v) is 2.52. The summed E-state index contributed by atoms with van der Waals surface area (Å²) in [5.74, 6) is -1.89. The van der Waals surface area contributed by atoms with E-state index in [2.05, 4.69) is 0 Å². The van der Waals surface area contributed by atoms with Crippen LogP contribution in [0, 0.1) is 5.82 Å². The van der Waals surface area contributed by atoms with Gasteiger partial charge in [-0.2, -0.15) is 0 Å². The number of ether oxygens (including phenoxy) is 1. The van der Waals surface area contributed by atoms with Crippen molar-refractivity contribution in [2.24, 2.45) is 0 Å². The third-order valence-corrected chi connectivity index (χ3v) is 3.86. The van der Waals surface area contributed by atoms with Crippen molar-refractivity contribution in [2.75, 3.05) is 13.7 Å². The van der Waals surface area contributed by atoms with E-state index in [-0.39, 0.29) is 36.2 Å². The highest BCUT2D eigenvalue weighted by molar-refractivity contribution is 5.97. The number of rotatable bonds is 7. The first-order valence-corrected chi connectivity index (χ1v) is 7.80. The van der Waals surface area contributed by atoms with Gasteiger partial charge >= 0.3 is 5.97 Å². The Morgan fingerprint density at radius 1 is 1.16 bits per heavy atom. The predicted molar refractivity (Wildman–Crippen MR) is 91.0 cm³/mol. The molecule has 0 radical (unpaired) electrons. The lowest BCUT2D eigenvalue weighted by Crippen LogP contribution is -2.40. The average molecular weight is 345 g/mol. The van der Waals surface area contributed by atoms with Crippen LogP contribution in [-0.4, -0.2) is 41.6 Å². The first kappa shape index (κ1) is 18.6. The fourth-order valence-electron chi connectivity index (χ4n) is 2.52. The van der Waals surface area contributed by atoms with E-state index in [1.165, 1.54) is 36.3 Å². The molecule has 0 aliphatic carbocycles. The van der Waals surface area contributed by atoms with E-state index in [1.54, 1.807) is 31.2 Å². The number of carboxylic acid groups (broad SMARTS) is 1. The van der Waals surface area contributed by atoms with Crippen molar-refractivity contribution in [3.05, 3.63) is 71.0 Å². The van der Waals surface area contributed by atoms with E-state index in [4.69, 9.17) is 9.84 Å². The summed E-state index contributed by atoms with van der Waals surface area (Å²) in [7, 11) is 1.52. The number of amides is 1. The number of carbonyl (C=O) groups excluding carboxylic acids is 1. The van der Waals surface area contributed by atoms with Crippen LogP contribution in [0.4, 0.5) is 4.39 Å². The summed E-state index contributed by atoms with van der Waals surface area (Å²) in [5, 5.41) is 9.10. The molecule has 25 heavy (non-hydrogen) atoms. The van der Waals surface area contributed by atoms with Crippen molar-refractivity contribution in [1.82, 2.24) is 4.90 Å². The van der Waals surface area contributed by atoms with Crippen molar-refractivity contribution in [2.45, 2.75) is 19.5 Å². The summed E-state index contributed by atoms with van der Waals surface area (Å²) in [6, 6.07) is 11.7. The molecule has 0 unspecified atom stereocenters.